The third-order valence-electron chi connectivity index (χ3n) is 5.73. The van der Waals surface area contributed by atoms with E-state index in [4.69, 9.17) is 4.99 Å². The third kappa shape index (κ3) is 4.42. The molecular formula is C27H30N2. The first-order valence-electron chi connectivity index (χ1n) is 10.6. The summed E-state index contributed by atoms with van der Waals surface area (Å²) in [5, 5.41) is 3.75. The Kier molecular flexibility index (Phi) is 5.80. The Morgan fingerprint density at radius 2 is 1.34 bits per heavy atom. The quantitative estimate of drug-likeness (QED) is 0.519. The number of hydrogen-bond acceptors (Lipinski definition) is 2. The number of aliphatic imine (C=N–C) groups is 1. The molecule has 0 bridgehead atoms. The van der Waals surface area contributed by atoms with Crippen LogP contribution in [0, 0.1) is 5.92 Å². The van der Waals surface area contributed by atoms with Gasteiger partial charge in [-0.25, -0.2) is 0 Å². The van der Waals surface area contributed by atoms with Crippen molar-refractivity contribution >= 4 is 5.84 Å². The molecule has 0 saturated carbocycles. The fourth-order valence-corrected chi connectivity index (χ4v) is 4.15. The molecule has 1 aliphatic rings. The number of rotatable bonds is 6. The minimum absolute atomic E-state index is 0.0938. The molecule has 1 N–H and O–H groups in total. The summed E-state index contributed by atoms with van der Waals surface area (Å²) < 4.78 is 0. The number of nitrogens with zero attached hydrogens (tertiary/aromatic N) is 1. The van der Waals surface area contributed by atoms with Gasteiger partial charge in [-0.3, -0.25) is 4.99 Å². The van der Waals surface area contributed by atoms with Crippen molar-refractivity contribution in [3.63, 3.8) is 0 Å². The zero-order valence-corrected chi connectivity index (χ0v) is 17.5. The highest BCUT2D eigenvalue weighted by atomic mass is 15.1. The molecule has 1 unspecified atom stereocenters. The van der Waals surface area contributed by atoms with Crippen molar-refractivity contribution in [2.75, 3.05) is 0 Å². The first kappa shape index (κ1) is 19.4. The van der Waals surface area contributed by atoms with E-state index in [0.29, 0.717) is 5.92 Å². The van der Waals surface area contributed by atoms with Crippen molar-refractivity contribution in [2.24, 2.45) is 10.9 Å². The molecule has 1 aliphatic heterocycles. The molecular weight excluding hydrogens is 352 g/mol. The van der Waals surface area contributed by atoms with Crippen LogP contribution in [0.5, 0.6) is 0 Å². The van der Waals surface area contributed by atoms with Crippen molar-refractivity contribution in [1.82, 2.24) is 5.32 Å². The monoisotopic (exact) mass is 382 g/mol. The van der Waals surface area contributed by atoms with Crippen LogP contribution >= 0.6 is 0 Å². The molecule has 0 aromatic heterocycles. The highest BCUT2D eigenvalue weighted by Gasteiger charge is 2.33. The molecule has 29 heavy (non-hydrogen) atoms. The Labute approximate surface area is 174 Å². The van der Waals surface area contributed by atoms with Gasteiger partial charge in [0, 0.05) is 5.92 Å². The predicted molar refractivity (Wildman–Crippen MR) is 122 cm³/mol. The number of benzene rings is 3. The fourth-order valence-electron chi connectivity index (χ4n) is 4.15. The van der Waals surface area contributed by atoms with Crippen molar-refractivity contribution in [3.8, 4) is 0 Å². The largest absolute Gasteiger partial charge is 0.364 e. The van der Waals surface area contributed by atoms with Gasteiger partial charge in [-0.05, 0) is 34.6 Å². The summed E-state index contributed by atoms with van der Waals surface area (Å²) >= 11 is 0. The summed E-state index contributed by atoms with van der Waals surface area (Å²) in [7, 11) is 0. The van der Waals surface area contributed by atoms with Crippen LogP contribution in [0.25, 0.3) is 0 Å². The topological polar surface area (TPSA) is 24.4 Å². The normalized spacial score (nSPS) is 19.7. The first-order valence-corrected chi connectivity index (χ1v) is 10.6. The molecule has 0 aliphatic carbocycles. The van der Waals surface area contributed by atoms with Crippen LogP contribution < -0.4 is 5.32 Å². The van der Waals surface area contributed by atoms with E-state index in [0.717, 1.165) is 12.3 Å². The second-order valence-corrected chi connectivity index (χ2v) is 8.46. The Bertz CT molecular complexity index is 943. The number of nitrogens with one attached hydrogen (secondary N) is 1. The van der Waals surface area contributed by atoms with Crippen LogP contribution in [0.3, 0.4) is 0 Å². The standard InChI is InChI=1S/C27H30N2/c1-19(2)18-21-14-16-22(17-15-21)20(3)27-28-25(23-10-6-4-7-11-23)26(29-27)24-12-8-5-9-13-24/h4-17,19-20,25-26H,18H2,1-3H3,(H,28,29)/t20?,25-,26+. The average molecular weight is 383 g/mol. The van der Waals surface area contributed by atoms with Gasteiger partial charge < -0.3 is 5.32 Å². The molecule has 2 heteroatoms. The van der Waals surface area contributed by atoms with E-state index in [-0.39, 0.29) is 18.0 Å². The molecule has 4 rings (SSSR count). The SMILES string of the molecule is CC(C)Cc1ccc(C(C)C2=N[C@@H](c3ccccc3)[C@@H](c3ccccc3)N2)cc1. The van der Waals surface area contributed by atoms with E-state index < -0.39 is 0 Å². The first-order chi connectivity index (χ1) is 14.1. The summed E-state index contributed by atoms with van der Waals surface area (Å²) in [5.41, 5.74) is 5.24. The Morgan fingerprint density at radius 1 is 0.759 bits per heavy atom. The maximum Gasteiger partial charge on any atom is 0.105 e. The molecule has 3 aromatic rings. The zero-order chi connectivity index (χ0) is 20.2. The van der Waals surface area contributed by atoms with Gasteiger partial charge in [-0.15, -0.1) is 0 Å². The van der Waals surface area contributed by atoms with E-state index >= 15 is 0 Å². The molecule has 0 radical (unpaired) electrons. The molecule has 0 saturated heterocycles. The predicted octanol–water partition coefficient (Wildman–Crippen LogP) is 6.47. The van der Waals surface area contributed by atoms with E-state index in [9.17, 15) is 0 Å². The maximum absolute atomic E-state index is 5.17. The highest BCUT2D eigenvalue weighted by molar-refractivity contribution is 5.91. The Hall–Kier alpha value is -2.87. The molecule has 0 amide bonds. The summed E-state index contributed by atoms with van der Waals surface area (Å²) in [5.74, 6) is 1.99. The van der Waals surface area contributed by atoms with Crippen LogP contribution in [0.4, 0.5) is 0 Å². The second-order valence-electron chi connectivity index (χ2n) is 8.46. The van der Waals surface area contributed by atoms with Crippen LogP contribution in [-0.2, 0) is 6.42 Å². The van der Waals surface area contributed by atoms with Crippen molar-refractivity contribution in [3.05, 3.63) is 107 Å². The number of hydrogen-bond donors (Lipinski definition) is 1. The smallest absolute Gasteiger partial charge is 0.105 e. The fraction of sp³-hybridized carbons (Fsp3) is 0.296. The van der Waals surface area contributed by atoms with Gasteiger partial charge in [0.15, 0.2) is 0 Å². The summed E-state index contributed by atoms with van der Waals surface area (Å²) in [4.78, 5) is 5.17. The minimum Gasteiger partial charge on any atom is -0.364 e. The van der Waals surface area contributed by atoms with Crippen molar-refractivity contribution < 1.29 is 0 Å². The van der Waals surface area contributed by atoms with Gasteiger partial charge in [0.25, 0.3) is 0 Å². The zero-order valence-electron chi connectivity index (χ0n) is 17.5. The van der Waals surface area contributed by atoms with Crippen LogP contribution in [0.15, 0.2) is 89.9 Å². The van der Waals surface area contributed by atoms with Crippen molar-refractivity contribution in [1.29, 1.82) is 0 Å². The highest BCUT2D eigenvalue weighted by Crippen LogP contribution is 2.38. The van der Waals surface area contributed by atoms with E-state index in [1.54, 1.807) is 0 Å². The average Bonchev–Trinajstić information content (AvgIpc) is 3.20. The molecule has 2 nitrogen and oxygen atoms in total. The summed E-state index contributed by atoms with van der Waals surface area (Å²) in [6.45, 7) is 6.78. The molecule has 0 spiro atoms. The van der Waals surface area contributed by atoms with Gasteiger partial charge >= 0.3 is 0 Å². The van der Waals surface area contributed by atoms with Gasteiger partial charge in [0.05, 0.1) is 6.04 Å². The summed E-state index contributed by atoms with van der Waals surface area (Å²) in [6.07, 6.45) is 1.13. The molecule has 148 valence electrons. The summed E-state index contributed by atoms with van der Waals surface area (Å²) in [6, 6.07) is 30.6. The Morgan fingerprint density at radius 3 is 1.93 bits per heavy atom. The van der Waals surface area contributed by atoms with E-state index in [2.05, 4.69) is 111 Å². The van der Waals surface area contributed by atoms with Crippen LogP contribution in [-0.4, -0.2) is 5.84 Å². The Balaban J connectivity index is 1.61. The lowest BCUT2D eigenvalue weighted by atomic mass is 9.94. The second kappa shape index (κ2) is 8.65. The van der Waals surface area contributed by atoms with Crippen LogP contribution in [0.1, 0.15) is 61.0 Å². The molecule has 0 fully saturated rings. The van der Waals surface area contributed by atoms with E-state index in [1.165, 1.54) is 22.3 Å². The van der Waals surface area contributed by atoms with E-state index in [1.807, 2.05) is 0 Å². The lowest BCUT2D eigenvalue weighted by Gasteiger charge is -2.20. The minimum atomic E-state index is 0.0938. The maximum atomic E-state index is 5.17. The third-order valence-corrected chi connectivity index (χ3v) is 5.73. The van der Waals surface area contributed by atoms with Gasteiger partial charge in [0.1, 0.15) is 11.9 Å². The van der Waals surface area contributed by atoms with Crippen LogP contribution in [0.2, 0.25) is 0 Å². The van der Waals surface area contributed by atoms with Gasteiger partial charge in [-0.1, -0.05) is 106 Å². The molecule has 1 heterocycles. The van der Waals surface area contributed by atoms with Gasteiger partial charge in [0.2, 0.25) is 0 Å². The van der Waals surface area contributed by atoms with Crippen molar-refractivity contribution in [2.45, 2.75) is 45.2 Å². The molecule has 3 atom stereocenters. The number of amidine groups is 1. The lowest BCUT2D eigenvalue weighted by Crippen LogP contribution is -2.27. The van der Waals surface area contributed by atoms with Gasteiger partial charge in [-0.2, -0.15) is 0 Å². The molecule has 3 aromatic carbocycles. The lowest BCUT2D eigenvalue weighted by molar-refractivity contribution is 0.571.